The number of carbonyl (C=O) groups is 1. The minimum Gasteiger partial charge on any atom is -0.364 e. The zero-order valence-corrected chi connectivity index (χ0v) is 9.68. The fourth-order valence-electron chi connectivity index (χ4n) is 1.96. The molecule has 2 aromatic heterocycles. The SMILES string of the molecule is NC(=O)c1ncc(F)c2c1[nH]c1[c]cc(Cl)cc12. The molecular weight excluding hydrogens is 257 g/mol. The Kier molecular flexibility index (Phi) is 2.24. The molecule has 0 spiro atoms. The van der Waals surface area contributed by atoms with Crippen LogP contribution in [0.5, 0.6) is 0 Å². The van der Waals surface area contributed by atoms with Crippen LogP contribution >= 0.6 is 11.6 Å². The number of pyridine rings is 1. The lowest BCUT2D eigenvalue weighted by Crippen LogP contribution is -2.13. The summed E-state index contributed by atoms with van der Waals surface area (Å²) in [5, 5.41) is 1.22. The van der Waals surface area contributed by atoms with Crippen molar-refractivity contribution in [3.8, 4) is 0 Å². The molecule has 0 aliphatic carbocycles. The molecule has 4 nitrogen and oxygen atoms in total. The quantitative estimate of drug-likeness (QED) is 0.707. The van der Waals surface area contributed by atoms with Gasteiger partial charge in [0.1, 0.15) is 0 Å². The van der Waals surface area contributed by atoms with E-state index in [4.69, 9.17) is 17.3 Å². The molecule has 6 heteroatoms. The van der Waals surface area contributed by atoms with Gasteiger partial charge < -0.3 is 10.7 Å². The summed E-state index contributed by atoms with van der Waals surface area (Å²) in [6, 6.07) is 6.02. The summed E-state index contributed by atoms with van der Waals surface area (Å²) in [5.41, 5.74) is 6.00. The van der Waals surface area contributed by atoms with Gasteiger partial charge in [-0.1, -0.05) is 11.6 Å². The Balaban J connectivity index is 2.56. The zero-order valence-electron chi connectivity index (χ0n) is 8.92. The molecule has 3 rings (SSSR count). The van der Waals surface area contributed by atoms with Gasteiger partial charge in [-0.3, -0.25) is 4.79 Å². The summed E-state index contributed by atoms with van der Waals surface area (Å²) < 4.78 is 13.8. The minimum absolute atomic E-state index is 0.00729. The molecule has 3 N–H and O–H groups in total. The van der Waals surface area contributed by atoms with Gasteiger partial charge in [0, 0.05) is 21.9 Å². The van der Waals surface area contributed by atoms with E-state index in [0.717, 1.165) is 6.20 Å². The number of H-pyrrole nitrogens is 1. The summed E-state index contributed by atoms with van der Waals surface area (Å²) >= 11 is 5.86. The molecule has 0 aliphatic rings. The van der Waals surface area contributed by atoms with E-state index in [1.807, 2.05) is 0 Å². The number of primary amides is 1. The maximum Gasteiger partial charge on any atom is 0.269 e. The largest absolute Gasteiger partial charge is 0.364 e. The number of hydrogen-bond acceptors (Lipinski definition) is 2. The van der Waals surface area contributed by atoms with E-state index in [2.05, 4.69) is 16.0 Å². The predicted molar refractivity (Wildman–Crippen MR) is 65.9 cm³/mol. The summed E-state index contributed by atoms with van der Waals surface area (Å²) in [6.07, 6.45) is 0.969. The zero-order chi connectivity index (χ0) is 12.9. The standard InChI is InChI=1S/C12H6ClFN3O/c13-5-1-2-8-6(3-5)9-7(14)4-16-11(12(15)18)10(9)17-8/h1,3-4,17H,(H2,15,18). The van der Waals surface area contributed by atoms with Crippen LogP contribution in [0.15, 0.2) is 18.3 Å². The highest BCUT2D eigenvalue weighted by Crippen LogP contribution is 2.30. The van der Waals surface area contributed by atoms with E-state index in [0.29, 0.717) is 15.9 Å². The van der Waals surface area contributed by atoms with Crippen LogP contribution in [0.3, 0.4) is 0 Å². The minimum atomic E-state index is -0.724. The third kappa shape index (κ3) is 1.44. The number of benzene rings is 1. The fraction of sp³-hybridized carbons (Fsp3) is 0. The van der Waals surface area contributed by atoms with Crippen molar-refractivity contribution in [3.63, 3.8) is 0 Å². The van der Waals surface area contributed by atoms with E-state index in [9.17, 15) is 9.18 Å². The number of nitrogens with zero attached hydrogens (tertiary/aromatic N) is 1. The number of carbonyl (C=O) groups excluding carboxylic acids is 1. The van der Waals surface area contributed by atoms with Crippen molar-refractivity contribution < 1.29 is 9.18 Å². The molecule has 0 aliphatic heterocycles. The Labute approximate surface area is 106 Å². The van der Waals surface area contributed by atoms with Gasteiger partial charge in [0.25, 0.3) is 5.91 Å². The van der Waals surface area contributed by atoms with E-state index >= 15 is 0 Å². The van der Waals surface area contributed by atoms with Crippen molar-refractivity contribution in [3.05, 3.63) is 40.9 Å². The van der Waals surface area contributed by atoms with Crippen molar-refractivity contribution in [1.29, 1.82) is 0 Å². The molecule has 0 saturated carbocycles. The van der Waals surface area contributed by atoms with Crippen molar-refractivity contribution in [1.82, 2.24) is 9.97 Å². The second-order valence-corrected chi connectivity index (χ2v) is 4.24. The lowest BCUT2D eigenvalue weighted by molar-refractivity contribution is 0.0997. The summed E-state index contributed by atoms with van der Waals surface area (Å²) in [7, 11) is 0. The molecule has 1 radical (unpaired) electrons. The number of nitrogens with one attached hydrogen (secondary N) is 1. The van der Waals surface area contributed by atoms with Crippen LogP contribution in [0, 0.1) is 11.9 Å². The van der Waals surface area contributed by atoms with E-state index in [1.54, 1.807) is 12.1 Å². The van der Waals surface area contributed by atoms with Gasteiger partial charge in [0.15, 0.2) is 11.5 Å². The van der Waals surface area contributed by atoms with Gasteiger partial charge in [-0.15, -0.1) is 0 Å². The molecule has 0 fully saturated rings. The normalized spacial score (nSPS) is 11.2. The third-order valence-corrected chi connectivity index (χ3v) is 2.91. The number of nitrogens with two attached hydrogens (primary N) is 1. The molecule has 0 atom stereocenters. The Morgan fingerprint density at radius 3 is 3.06 bits per heavy atom. The lowest BCUT2D eigenvalue weighted by Gasteiger charge is -1.98. The second kappa shape index (κ2) is 3.68. The van der Waals surface area contributed by atoms with Gasteiger partial charge in [-0.25, -0.2) is 9.37 Å². The molecule has 1 aromatic carbocycles. The highest BCUT2D eigenvalue weighted by molar-refractivity contribution is 6.32. The average Bonchev–Trinajstić information content (AvgIpc) is 2.68. The molecule has 89 valence electrons. The lowest BCUT2D eigenvalue weighted by atomic mass is 10.1. The molecule has 0 unspecified atom stereocenters. The van der Waals surface area contributed by atoms with E-state index < -0.39 is 11.7 Å². The first-order valence-electron chi connectivity index (χ1n) is 5.05. The monoisotopic (exact) mass is 262 g/mol. The number of rotatable bonds is 1. The number of hydrogen-bond donors (Lipinski definition) is 2. The molecule has 1 amide bonds. The first kappa shape index (κ1) is 11.0. The number of halogens is 2. The van der Waals surface area contributed by atoms with Crippen LogP contribution < -0.4 is 5.73 Å². The molecule has 3 aromatic rings. The molecule has 18 heavy (non-hydrogen) atoms. The topological polar surface area (TPSA) is 71.8 Å². The van der Waals surface area contributed by atoms with Crippen LogP contribution in [0.1, 0.15) is 10.5 Å². The highest BCUT2D eigenvalue weighted by atomic mass is 35.5. The molecule has 0 saturated heterocycles. The molecular formula is C12H6ClFN3O. The highest BCUT2D eigenvalue weighted by Gasteiger charge is 2.16. The van der Waals surface area contributed by atoms with Crippen LogP contribution in [-0.2, 0) is 0 Å². The Bertz CT molecular complexity index is 797. The van der Waals surface area contributed by atoms with Crippen LogP contribution in [0.4, 0.5) is 4.39 Å². The number of aromatic amines is 1. The fourth-order valence-corrected chi connectivity index (χ4v) is 2.12. The Morgan fingerprint density at radius 1 is 1.56 bits per heavy atom. The Hall–Kier alpha value is -2.14. The average molecular weight is 263 g/mol. The van der Waals surface area contributed by atoms with Crippen LogP contribution in [0.2, 0.25) is 5.02 Å². The molecule has 0 bridgehead atoms. The van der Waals surface area contributed by atoms with Gasteiger partial charge in [0.05, 0.1) is 17.2 Å². The van der Waals surface area contributed by atoms with Crippen molar-refractivity contribution in [2.45, 2.75) is 0 Å². The Morgan fingerprint density at radius 2 is 2.33 bits per heavy atom. The van der Waals surface area contributed by atoms with Gasteiger partial charge in [-0.2, -0.15) is 0 Å². The number of fused-ring (bicyclic) bond motifs is 3. The molecule has 2 heterocycles. The first-order chi connectivity index (χ1) is 8.58. The van der Waals surface area contributed by atoms with Crippen molar-refractivity contribution in [2.24, 2.45) is 5.73 Å². The number of aromatic nitrogens is 2. The second-order valence-electron chi connectivity index (χ2n) is 3.80. The smallest absolute Gasteiger partial charge is 0.269 e. The maximum atomic E-state index is 13.8. The maximum absolute atomic E-state index is 13.8. The summed E-state index contributed by atoms with van der Waals surface area (Å²) in [6.45, 7) is 0. The van der Waals surface area contributed by atoms with Gasteiger partial charge in [-0.05, 0) is 12.1 Å². The van der Waals surface area contributed by atoms with Gasteiger partial charge in [0.2, 0.25) is 0 Å². The van der Waals surface area contributed by atoms with E-state index in [-0.39, 0.29) is 16.6 Å². The van der Waals surface area contributed by atoms with Crippen molar-refractivity contribution in [2.75, 3.05) is 0 Å². The number of amides is 1. The first-order valence-corrected chi connectivity index (χ1v) is 5.42. The van der Waals surface area contributed by atoms with Crippen LogP contribution in [-0.4, -0.2) is 15.9 Å². The summed E-state index contributed by atoms with van der Waals surface area (Å²) in [5.74, 6) is -1.27. The predicted octanol–water partition coefficient (Wildman–Crippen LogP) is 2.41. The van der Waals surface area contributed by atoms with Gasteiger partial charge >= 0.3 is 0 Å². The third-order valence-electron chi connectivity index (χ3n) is 2.69. The van der Waals surface area contributed by atoms with Crippen LogP contribution in [0.25, 0.3) is 21.8 Å². The van der Waals surface area contributed by atoms with Crippen molar-refractivity contribution >= 4 is 39.3 Å². The summed E-state index contributed by atoms with van der Waals surface area (Å²) in [4.78, 5) is 17.8. The van der Waals surface area contributed by atoms with E-state index in [1.165, 1.54) is 0 Å².